The summed E-state index contributed by atoms with van der Waals surface area (Å²) in [5.41, 5.74) is 0. The average Bonchev–Trinajstić information content (AvgIpc) is 2.42. The van der Waals surface area contributed by atoms with Crippen molar-refractivity contribution in [3.05, 3.63) is 0 Å². The van der Waals surface area contributed by atoms with E-state index in [4.69, 9.17) is 0 Å². The van der Waals surface area contributed by atoms with E-state index in [1.54, 1.807) is 13.3 Å². The quantitative estimate of drug-likeness (QED) is 0.812. The molecule has 2 nitrogen and oxygen atoms in total. The van der Waals surface area contributed by atoms with Crippen LogP contribution >= 0.6 is 0 Å². The molecule has 4 saturated carbocycles. The summed E-state index contributed by atoms with van der Waals surface area (Å²) in [6.07, 6.45) is 10.5. The fourth-order valence-corrected chi connectivity index (χ4v) is 6.37. The van der Waals surface area contributed by atoms with E-state index in [0.717, 1.165) is 48.0 Å². The van der Waals surface area contributed by atoms with Gasteiger partial charge in [-0.3, -0.25) is 4.79 Å². The molecule has 4 rings (SSSR count). The molecule has 0 aliphatic heterocycles. The van der Waals surface area contributed by atoms with Crippen molar-refractivity contribution in [3.63, 3.8) is 0 Å². The smallest absolute Gasteiger partial charge is 0.216 e. The molecule has 0 aromatic carbocycles. The van der Waals surface area contributed by atoms with E-state index in [-0.39, 0.29) is 5.91 Å². The second-order valence-corrected chi connectivity index (χ2v) is 7.94. The Bertz CT molecular complexity index is 377. The first-order valence-electron chi connectivity index (χ1n) is 8.45. The summed E-state index contributed by atoms with van der Waals surface area (Å²) in [6, 6.07) is 0. The molecule has 19 heavy (non-hydrogen) atoms. The SMILES string of the molecule is CC(=O)NCC1CC2CC3CCC4CC3C(C2)C1C4. The van der Waals surface area contributed by atoms with Gasteiger partial charge < -0.3 is 5.32 Å². The van der Waals surface area contributed by atoms with Gasteiger partial charge in [-0.15, -0.1) is 0 Å². The van der Waals surface area contributed by atoms with Crippen molar-refractivity contribution in [3.8, 4) is 0 Å². The molecule has 106 valence electrons. The number of fused-ring (bicyclic) bond motifs is 2. The summed E-state index contributed by atoms with van der Waals surface area (Å²) in [5, 5.41) is 3.11. The van der Waals surface area contributed by atoms with E-state index in [1.165, 1.54) is 38.5 Å². The van der Waals surface area contributed by atoms with Gasteiger partial charge in [-0.25, -0.2) is 0 Å². The Kier molecular flexibility index (Phi) is 2.89. The number of rotatable bonds is 2. The largest absolute Gasteiger partial charge is 0.356 e. The van der Waals surface area contributed by atoms with Gasteiger partial charge in [-0.2, -0.15) is 0 Å². The normalized spacial score (nSPS) is 50.9. The highest BCUT2D eigenvalue weighted by Crippen LogP contribution is 2.61. The molecular weight excluding hydrogens is 234 g/mol. The lowest BCUT2D eigenvalue weighted by molar-refractivity contribution is -0.120. The molecule has 4 aliphatic carbocycles. The third-order valence-corrected chi connectivity index (χ3v) is 6.96. The van der Waals surface area contributed by atoms with Crippen LogP contribution in [0.4, 0.5) is 0 Å². The summed E-state index contributed by atoms with van der Waals surface area (Å²) in [7, 11) is 0. The number of amides is 1. The Morgan fingerprint density at radius 3 is 2.58 bits per heavy atom. The van der Waals surface area contributed by atoms with Crippen LogP contribution < -0.4 is 5.32 Å². The van der Waals surface area contributed by atoms with Gasteiger partial charge in [0.15, 0.2) is 0 Å². The third-order valence-electron chi connectivity index (χ3n) is 6.96. The van der Waals surface area contributed by atoms with E-state index in [2.05, 4.69) is 5.32 Å². The average molecular weight is 261 g/mol. The first-order chi connectivity index (χ1) is 9.20. The summed E-state index contributed by atoms with van der Waals surface area (Å²) >= 11 is 0. The van der Waals surface area contributed by atoms with Crippen molar-refractivity contribution in [1.82, 2.24) is 5.32 Å². The fraction of sp³-hybridized carbons (Fsp3) is 0.941. The predicted molar refractivity (Wildman–Crippen MR) is 75.4 cm³/mol. The second kappa shape index (κ2) is 4.49. The highest BCUT2D eigenvalue weighted by Gasteiger charge is 2.52. The lowest BCUT2D eigenvalue weighted by Gasteiger charge is -2.59. The van der Waals surface area contributed by atoms with Crippen molar-refractivity contribution >= 4 is 5.91 Å². The Balaban J connectivity index is 1.56. The van der Waals surface area contributed by atoms with Crippen LogP contribution in [0.5, 0.6) is 0 Å². The van der Waals surface area contributed by atoms with Crippen LogP contribution in [0.2, 0.25) is 0 Å². The standard InChI is InChI=1S/C17H27NO/c1-10(19)18-9-14-5-12-4-13-3-2-11-6-15(13)17(8-12)16(14)7-11/h11-17H,2-9H2,1H3,(H,18,19). The molecule has 4 bridgehead atoms. The van der Waals surface area contributed by atoms with Gasteiger partial charge in [0.2, 0.25) is 5.91 Å². The fourth-order valence-electron chi connectivity index (χ4n) is 6.37. The van der Waals surface area contributed by atoms with Gasteiger partial charge in [0.05, 0.1) is 0 Å². The van der Waals surface area contributed by atoms with Gasteiger partial charge in [0.1, 0.15) is 0 Å². The van der Waals surface area contributed by atoms with Crippen LogP contribution in [0.1, 0.15) is 51.9 Å². The highest BCUT2D eigenvalue weighted by atomic mass is 16.1. The first-order valence-corrected chi connectivity index (χ1v) is 8.45. The number of carbonyl (C=O) groups is 1. The molecule has 7 atom stereocenters. The van der Waals surface area contributed by atoms with Crippen molar-refractivity contribution in [2.45, 2.75) is 51.9 Å². The monoisotopic (exact) mass is 261 g/mol. The Morgan fingerprint density at radius 2 is 1.74 bits per heavy atom. The number of carbonyl (C=O) groups excluding carboxylic acids is 1. The first kappa shape index (κ1) is 12.2. The lowest BCUT2D eigenvalue weighted by atomic mass is 9.47. The summed E-state index contributed by atoms with van der Waals surface area (Å²) in [6.45, 7) is 2.62. The molecule has 0 heterocycles. The molecule has 0 spiro atoms. The van der Waals surface area contributed by atoms with E-state index in [1.807, 2.05) is 0 Å². The minimum Gasteiger partial charge on any atom is -0.356 e. The topological polar surface area (TPSA) is 29.1 Å². The Morgan fingerprint density at radius 1 is 0.947 bits per heavy atom. The molecule has 4 fully saturated rings. The zero-order chi connectivity index (χ0) is 13.0. The van der Waals surface area contributed by atoms with E-state index >= 15 is 0 Å². The Hall–Kier alpha value is -0.530. The van der Waals surface area contributed by atoms with E-state index in [0.29, 0.717) is 0 Å². The molecule has 2 heteroatoms. The summed E-state index contributed by atoms with van der Waals surface area (Å²) < 4.78 is 0. The van der Waals surface area contributed by atoms with Crippen molar-refractivity contribution in [1.29, 1.82) is 0 Å². The van der Waals surface area contributed by atoms with Crippen LogP contribution in [-0.4, -0.2) is 12.5 Å². The molecular formula is C17H27NO. The number of hydrogen-bond donors (Lipinski definition) is 1. The molecule has 7 unspecified atom stereocenters. The maximum Gasteiger partial charge on any atom is 0.216 e. The molecule has 0 saturated heterocycles. The van der Waals surface area contributed by atoms with Crippen molar-refractivity contribution < 1.29 is 4.79 Å². The van der Waals surface area contributed by atoms with Crippen LogP contribution in [0, 0.1) is 41.4 Å². The van der Waals surface area contributed by atoms with Crippen LogP contribution in [0.3, 0.4) is 0 Å². The predicted octanol–water partition coefficient (Wildman–Crippen LogP) is 3.22. The molecule has 0 aromatic heterocycles. The maximum atomic E-state index is 11.2. The van der Waals surface area contributed by atoms with Gasteiger partial charge in [-0.05, 0) is 80.0 Å². The van der Waals surface area contributed by atoms with Crippen molar-refractivity contribution in [2.75, 3.05) is 6.54 Å². The molecule has 1 amide bonds. The summed E-state index contributed by atoms with van der Waals surface area (Å²) in [4.78, 5) is 11.2. The molecule has 1 N–H and O–H groups in total. The minimum absolute atomic E-state index is 0.157. The number of hydrogen-bond acceptors (Lipinski definition) is 1. The molecule has 0 radical (unpaired) electrons. The van der Waals surface area contributed by atoms with E-state index < -0.39 is 0 Å². The second-order valence-electron chi connectivity index (χ2n) is 7.94. The zero-order valence-corrected chi connectivity index (χ0v) is 12.1. The minimum atomic E-state index is 0.157. The molecule has 0 aromatic rings. The van der Waals surface area contributed by atoms with Crippen LogP contribution in [-0.2, 0) is 4.79 Å². The van der Waals surface area contributed by atoms with Crippen LogP contribution in [0.25, 0.3) is 0 Å². The highest BCUT2D eigenvalue weighted by molar-refractivity contribution is 5.72. The zero-order valence-electron chi connectivity index (χ0n) is 12.1. The number of nitrogens with one attached hydrogen (secondary N) is 1. The van der Waals surface area contributed by atoms with Crippen LogP contribution in [0.15, 0.2) is 0 Å². The van der Waals surface area contributed by atoms with Gasteiger partial charge in [0.25, 0.3) is 0 Å². The Labute approximate surface area is 116 Å². The van der Waals surface area contributed by atoms with Gasteiger partial charge in [-0.1, -0.05) is 6.42 Å². The lowest BCUT2D eigenvalue weighted by Crippen LogP contribution is -2.52. The van der Waals surface area contributed by atoms with E-state index in [9.17, 15) is 4.79 Å². The molecule has 4 aliphatic rings. The van der Waals surface area contributed by atoms with Crippen molar-refractivity contribution in [2.24, 2.45) is 41.4 Å². The summed E-state index contributed by atoms with van der Waals surface area (Å²) in [5.74, 6) is 7.05. The third kappa shape index (κ3) is 2.02. The van der Waals surface area contributed by atoms with Gasteiger partial charge in [0, 0.05) is 13.5 Å². The maximum absolute atomic E-state index is 11.2. The van der Waals surface area contributed by atoms with Gasteiger partial charge >= 0.3 is 0 Å².